The first-order chi connectivity index (χ1) is 15.4. The van der Waals surface area contributed by atoms with Crippen molar-refractivity contribution >= 4 is 35.0 Å². The summed E-state index contributed by atoms with van der Waals surface area (Å²) in [6.45, 7) is 0. The number of hydrogen-bond acceptors (Lipinski definition) is 5. The fourth-order valence-corrected chi connectivity index (χ4v) is 6.14. The van der Waals surface area contributed by atoms with Crippen LogP contribution in [0.2, 0.25) is 5.02 Å². The van der Waals surface area contributed by atoms with Gasteiger partial charge < -0.3 is 4.74 Å². The molecule has 0 radical (unpaired) electrons. The molecule has 2 heterocycles. The van der Waals surface area contributed by atoms with Crippen LogP contribution in [-0.2, 0) is 14.3 Å². The van der Waals surface area contributed by atoms with E-state index >= 15 is 0 Å². The van der Waals surface area contributed by atoms with Gasteiger partial charge in [0.25, 0.3) is 0 Å². The van der Waals surface area contributed by atoms with Crippen LogP contribution >= 0.6 is 11.6 Å². The Balaban J connectivity index is 1.52. The number of hydrogen-bond donors (Lipinski definition) is 0. The molecule has 6 nitrogen and oxygen atoms in total. The van der Waals surface area contributed by atoms with Crippen LogP contribution in [0.25, 0.3) is 0 Å². The van der Waals surface area contributed by atoms with Gasteiger partial charge in [-0.3, -0.25) is 24.1 Å². The maximum Gasteiger partial charge on any atom is 0.237 e. The molecule has 2 aromatic rings. The number of imide groups is 1. The first kappa shape index (κ1) is 19.8. The van der Waals surface area contributed by atoms with Crippen molar-refractivity contribution in [1.29, 1.82) is 0 Å². The van der Waals surface area contributed by atoms with E-state index in [2.05, 4.69) is 0 Å². The van der Waals surface area contributed by atoms with Gasteiger partial charge in [-0.05, 0) is 30.5 Å². The summed E-state index contributed by atoms with van der Waals surface area (Å²) in [6, 6.07) is 13.1. The van der Waals surface area contributed by atoms with Crippen molar-refractivity contribution in [2.45, 2.75) is 43.4 Å². The smallest absolute Gasteiger partial charge is 0.237 e. The van der Waals surface area contributed by atoms with E-state index in [0.29, 0.717) is 10.6 Å². The summed E-state index contributed by atoms with van der Waals surface area (Å²) in [7, 11) is 0. The Morgan fingerprint density at radius 1 is 0.844 bits per heavy atom. The molecule has 0 unspecified atom stereocenters. The second kappa shape index (κ2) is 6.83. The van der Waals surface area contributed by atoms with Crippen LogP contribution < -0.4 is 0 Å². The Bertz CT molecular complexity index is 1150. The van der Waals surface area contributed by atoms with Crippen molar-refractivity contribution < 1.29 is 23.9 Å². The first-order valence-electron chi connectivity index (χ1n) is 10.9. The summed E-state index contributed by atoms with van der Waals surface area (Å²) in [5, 5.41) is 0.514. The zero-order chi connectivity index (χ0) is 22.2. The van der Waals surface area contributed by atoms with Gasteiger partial charge in [-0.25, -0.2) is 0 Å². The molecule has 3 atom stereocenters. The topological polar surface area (TPSA) is 80.8 Å². The monoisotopic (exact) mass is 449 g/mol. The molecule has 2 amide bonds. The largest absolute Gasteiger partial charge is 0.349 e. The van der Waals surface area contributed by atoms with E-state index in [1.165, 1.54) is 4.90 Å². The molecule has 32 heavy (non-hydrogen) atoms. The molecule has 2 saturated heterocycles. The number of Topliss-reactive ketones (excluding diaryl/α,β-unsaturated/α-hetero) is 2. The van der Waals surface area contributed by atoms with Crippen LogP contribution in [0.4, 0.5) is 0 Å². The predicted octanol–water partition coefficient (Wildman–Crippen LogP) is 3.77. The molecule has 2 aliphatic heterocycles. The van der Waals surface area contributed by atoms with Crippen LogP contribution in [0.3, 0.4) is 0 Å². The molecule has 1 saturated carbocycles. The minimum absolute atomic E-state index is 0.183. The Kier molecular flexibility index (Phi) is 4.23. The zero-order valence-electron chi connectivity index (χ0n) is 17.1. The van der Waals surface area contributed by atoms with Gasteiger partial charge in [-0.1, -0.05) is 60.8 Å². The molecule has 2 aliphatic carbocycles. The maximum absolute atomic E-state index is 13.7. The van der Waals surface area contributed by atoms with Crippen molar-refractivity contribution in [2.24, 2.45) is 11.8 Å². The summed E-state index contributed by atoms with van der Waals surface area (Å²) in [5.41, 5.74) is -0.897. The van der Waals surface area contributed by atoms with Crippen LogP contribution in [0.5, 0.6) is 0 Å². The number of rotatable bonds is 2. The second-order valence-corrected chi connectivity index (χ2v) is 9.45. The highest BCUT2D eigenvalue weighted by Gasteiger charge is 2.75. The van der Waals surface area contributed by atoms with Gasteiger partial charge in [0.15, 0.2) is 0 Å². The summed E-state index contributed by atoms with van der Waals surface area (Å²) < 4.78 is 6.25. The lowest BCUT2D eigenvalue weighted by molar-refractivity contribution is -0.147. The Morgan fingerprint density at radius 3 is 2.03 bits per heavy atom. The van der Waals surface area contributed by atoms with Gasteiger partial charge in [0.1, 0.15) is 0 Å². The predicted molar refractivity (Wildman–Crippen MR) is 114 cm³/mol. The van der Waals surface area contributed by atoms with E-state index in [0.717, 1.165) is 25.7 Å². The SMILES string of the molecule is O=C1[C@H]2[C@@H](C(=O)N1C1CCCC1)C1(O[C@H]2c2ccc(Cl)cc2)C(=O)c2ccccc2C1=O. The number of halogens is 1. The van der Waals surface area contributed by atoms with E-state index in [-0.39, 0.29) is 23.1 Å². The number of carbonyl (C=O) groups is 4. The van der Waals surface area contributed by atoms with Gasteiger partial charge in [0.2, 0.25) is 29.0 Å². The fourth-order valence-electron chi connectivity index (χ4n) is 6.02. The Labute approximate surface area is 189 Å². The van der Waals surface area contributed by atoms with Crippen molar-refractivity contribution in [3.63, 3.8) is 0 Å². The van der Waals surface area contributed by atoms with E-state index in [1.807, 2.05) is 0 Å². The lowest BCUT2D eigenvalue weighted by Crippen LogP contribution is -2.51. The normalized spacial score (nSPS) is 28.8. The maximum atomic E-state index is 13.7. The highest BCUT2D eigenvalue weighted by Crippen LogP contribution is 2.58. The molecule has 6 rings (SSSR count). The number of ether oxygens (including phenoxy) is 1. The summed E-state index contributed by atoms with van der Waals surface area (Å²) in [4.78, 5) is 56.0. The Morgan fingerprint density at radius 2 is 1.44 bits per heavy atom. The van der Waals surface area contributed by atoms with Gasteiger partial charge in [0, 0.05) is 22.2 Å². The molecule has 4 aliphatic rings. The van der Waals surface area contributed by atoms with Crippen LogP contribution in [0, 0.1) is 11.8 Å². The van der Waals surface area contributed by atoms with Gasteiger partial charge in [-0.15, -0.1) is 0 Å². The quantitative estimate of drug-likeness (QED) is 0.515. The number of likely N-dealkylation sites (tertiary alicyclic amines) is 1. The van der Waals surface area contributed by atoms with E-state index in [9.17, 15) is 19.2 Å². The van der Waals surface area contributed by atoms with E-state index in [4.69, 9.17) is 16.3 Å². The van der Waals surface area contributed by atoms with E-state index in [1.54, 1.807) is 48.5 Å². The van der Waals surface area contributed by atoms with Gasteiger partial charge in [0.05, 0.1) is 17.9 Å². The summed E-state index contributed by atoms with van der Waals surface area (Å²) in [6.07, 6.45) is 2.50. The number of benzene rings is 2. The lowest BCUT2D eigenvalue weighted by atomic mass is 9.77. The minimum atomic E-state index is -2.00. The molecular formula is C25H20ClNO5. The van der Waals surface area contributed by atoms with Crippen LogP contribution in [0.15, 0.2) is 48.5 Å². The molecule has 7 heteroatoms. The minimum Gasteiger partial charge on any atom is -0.349 e. The van der Waals surface area contributed by atoms with Crippen molar-refractivity contribution in [1.82, 2.24) is 4.90 Å². The standard InChI is InChI=1S/C25H20ClNO5/c26-14-11-9-13(10-12-14)20-18-19(24(31)27(23(18)30)15-5-1-2-6-15)25(32-20)21(28)16-7-3-4-8-17(16)22(25)29/h3-4,7-12,15,18-20H,1-2,5-6H2/t18-,19-,20-/m0/s1. The third-order valence-corrected chi connectivity index (χ3v) is 7.69. The molecule has 0 aromatic heterocycles. The number of amides is 2. The second-order valence-electron chi connectivity index (χ2n) is 9.02. The van der Waals surface area contributed by atoms with E-state index < -0.39 is 41.0 Å². The molecular weight excluding hydrogens is 430 g/mol. The third-order valence-electron chi connectivity index (χ3n) is 7.44. The van der Waals surface area contributed by atoms with Gasteiger partial charge in [-0.2, -0.15) is 0 Å². The van der Waals surface area contributed by atoms with Crippen LogP contribution in [0.1, 0.15) is 58.1 Å². The lowest BCUT2D eigenvalue weighted by Gasteiger charge is -2.29. The number of nitrogens with zero attached hydrogens (tertiary/aromatic N) is 1. The number of carbonyl (C=O) groups excluding carboxylic acids is 4. The molecule has 3 fully saturated rings. The molecule has 2 aromatic carbocycles. The van der Waals surface area contributed by atoms with Crippen molar-refractivity contribution in [3.05, 3.63) is 70.2 Å². The third kappa shape index (κ3) is 2.39. The van der Waals surface area contributed by atoms with Crippen molar-refractivity contribution in [3.8, 4) is 0 Å². The summed E-state index contributed by atoms with van der Waals surface area (Å²) in [5.74, 6) is -3.95. The van der Waals surface area contributed by atoms with Crippen molar-refractivity contribution in [2.75, 3.05) is 0 Å². The molecule has 1 spiro atoms. The fraction of sp³-hybridized carbons (Fsp3) is 0.360. The average molecular weight is 450 g/mol. The molecule has 162 valence electrons. The van der Waals surface area contributed by atoms with Gasteiger partial charge >= 0.3 is 0 Å². The first-order valence-corrected chi connectivity index (χ1v) is 11.3. The molecule has 0 bridgehead atoms. The highest BCUT2D eigenvalue weighted by atomic mass is 35.5. The highest BCUT2D eigenvalue weighted by molar-refractivity contribution is 6.35. The Hall–Kier alpha value is -2.83. The average Bonchev–Trinajstić information content (AvgIpc) is 3.54. The number of ketones is 2. The molecule has 0 N–H and O–H groups in total. The van der Waals surface area contributed by atoms with Crippen LogP contribution in [-0.4, -0.2) is 39.9 Å². The summed E-state index contributed by atoms with van der Waals surface area (Å²) >= 11 is 6.04. The number of fused-ring (bicyclic) bond motifs is 3. The zero-order valence-corrected chi connectivity index (χ0v) is 17.9.